The summed E-state index contributed by atoms with van der Waals surface area (Å²) < 4.78 is 27.7. The van der Waals surface area contributed by atoms with Crippen LogP contribution in [0, 0.1) is 5.92 Å². The van der Waals surface area contributed by atoms with Crippen LogP contribution in [-0.4, -0.2) is 42.8 Å². The van der Waals surface area contributed by atoms with Gasteiger partial charge in [-0.05, 0) is 59.7 Å². The number of fused-ring (bicyclic) bond motifs is 2. The Hall–Kier alpha value is -3.91. The maximum atomic E-state index is 12.7. The summed E-state index contributed by atoms with van der Waals surface area (Å²) >= 11 is 0. The van der Waals surface area contributed by atoms with Crippen LogP contribution in [0.15, 0.2) is 66.7 Å². The molecule has 0 saturated carbocycles. The number of hydrogen-bond acceptors (Lipinski definition) is 7. The van der Waals surface area contributed by atoms with Crippen LogP contribution in [0.25, 0.3) is 0 Å². The van der Waals surface area contributed by atoms with Crippen LogP contribution in [0.4, 0.5) is 4.79 Å². The van der Waals surface area contributed by atoms with Gasteiger partial charge in [-0.1, -0.05) is 42.5 Å². The second-order valence-electron chi connectivity index (χ2n) is 9.20. The van der Waals surface area contributed by atoms with Gasteiger partial charge in [0.1, 0.15) is 12.2 Å². The molecule has 0 aromatic heterocycles. The van der Waals surface area contributed by atoms with Crippen molar-refractivity contribution in [3.8, 4) is 23.0 Å². The second-order valence-corrected chi connectivity index (χ2v) is 9.20. The van der Waals surface area contributed by atoms with Crippen molar-refractivity contribution >= 4 is 6.09 Å². The van der Waals surface area contributed by atoms with Crippen molar-refractivity contribution in [3.05, 3.63) is 83.4 Å². The SMILES string of the molecule is O=C(OCc1ccccc1)N1CCC(C(O)(c2ccc3c(c2)OCO3)c2ccc3c(c2)OCO3)CC1. The molecule has 36 heavy (non-hydrogen) atoms. The maximum absolute atomic E-state index is 12.7. The predicted octanol–water partition coefficient (Wildman–Crippen LogP) is 4.43. The van der Waals surface area contributed by atoms with Crippen LogP contribution >= 0.6 is 0 Å². The Morgan fingerprint density at radius 2 is 1.39 bits per heavy atom. The molecule has 3 heterocycles. The quantitative estimate of drug-likeness (QED) is 0.567. The third-order valence-corrected chi connectivity index (χ3v) is 7.17. The normalized spacial score (nSPS) is 16.8. The zero-order chi connectivity index (χ0) is 24.5. The Balaban J connectivity index is 1.23. The Morgan fingerprint density at radius 1 is 0.833 bits per heavy atom. The molecule has 0 radical (unpaired) electrons. The van der Waals surface area contributed by atoms with Crippen molar-refractivity contribution in [2.45, 2.75) is 25.0 Å². The first-order valence-electron chi connectivity index (χ1n) is 12.1. The molecular formula is C28H27NO7. The summed E-state index contributed by atoms with van der Waals surface area (Å²) in [5, 5.41) is 12.4. The predicted molar refractivity (Wildman–Crippen MR) is 129 cm³/mol. The zero-order valence-electron chi connectivity index (χ0n) is 19.7. The Kier molecular flexibility index (Phi) is 5.81. The van der Waals surface area contributed by atoms with Gasteiger partial charge in [0.2, 0.25) is 13.6 Å². The highest BCUT2D eigenvalue weighted by atomic mass is 16.7. The van der Waals surface area contributed by atoms with E-state index in [0.29, 0.717) is 60.1 Å². The number of ether oxygens (including phenoxy) is 5. The summed E-state index contributed by atoms with van der Waals surface area (Å²) in [6, 6.07) is 20.7. The van der Waals surface area contributed by atoms with E-state index >= 15 is 0 Å². The molecule has 0 unspecified atom stereocenters. The van der Waals surface area contributed by atoms with Gasteiger partial charge in [-0.3, -0.25) is 0 Å². The number of carbonyl (C=O) groups excluding carboxylic acids is 1. The molecule has 8 nitrogen and oxygen atoms in total. The van der Waals surface area contributed by atoms with E-state index in [1.165, 1.54) is 0 Å². The lowest BCUT2D eigenvalue weighted by atomic mass is 9.72. The summed E-state index contributed by atoms with van der Waals surface area (Å²) in [5.74, 6) is 2.36. The maximum Gasteiger partial charge on any atom is 0.410 e. The van der Waals surface area contributed by atoms with Gasteiger partial charge in [0.05, 0.1) is 0 Å². The van der Waals surface area contributed by atoms with Crippen molar-refractivity contribution in [1.29, 1.82) is 0 Å². The number of piperidine rings is 1. The molecule has 186 valence electrons. The van der Waals surface area contributed by atoms with E-state index in [4.69, 9.17) is 23.7 Å². The first-order valence-corrected chi connectivity index (χ1v) is 12.1. The van der Waals surface area contributed by atoms with Gasteiger partial charge in [0, 0.05) is 13.1 Å². The lowest BCUT2D eigenvalue weighted by molar-refractivity contribution is -0.0151. The Morgan fingerprint density at radius 3 is 1.97 bits per heavy atom. The summed E-state index contributed by atoms with van der Waals surface area (Å²) in [7, 11) is 0. The van der Waals surface area contributed by atoms with Gasteiger partial charge in [-0.25, -0.2) is 4.79 Å². The van der Waals surface area contributed by atoms with Gasteiger partial charge in [0.15, 0.2) is 23.0 Å². The first kappa shape index (κ1) is 22.5. The van der Waals surface area contributed by atoms with E-state index in [1.54, 1.807) is 4.90 Å². The minimum Gasteiger partial charge on any atom is -0.454 e. The molecule has 3 aromatic rings. The highest BCUT2D eigenvalue weighted by molar-refractivity contribution is 5.67. The minimum atomic E-state index is -1.33. The van der Waals surface area contributed by atoms with Crippen LogP contribution in [0.2, 0.25) is 0 Å². The summed E-state index contributed by atoms with van der Waals surface area (Å²) in [4.78, 5) is 14.4. The van der Waals surface area contributed by atoms with E-state index in [1.807, 2.05) is 66.7 Å². The number of hydrogen-bond donors (Lipinski definition) is 1. The van der Waals surface area contributed by atoms with Crippen molar-refractivity contribution in [2.75, 3.05) is 26.7 Å². The fourth-order valence-corrected chi connectivity index (χ4v) is 5.20. The van der Waals surface area contributed by atoms with Crippen LogP contribution in [-0.2, 0) is 16.9 Å². The van der Waals surface area contributed by atoms with Crippen molar-refractivity contribution < 1.29 is 33.6 Å². The lowest BCUT2D eigenvalue weighted by Crippen LogP contribution is -2.46. The van der Waals surface area contributed by atoms with Gasteiger partial charge >= 0.3 is 6.09 Å². The lowest BCUT2D eigenvalue weighted by Gasteiger charge is -2.42. The molecule has 0 atom stereocenters. The molecule has 0 aliphatic carbocycles. The average molecular weight is 490 g/mol. The molecule has 3 aliphatic rings. The number of amides is 1. The van der Waals surface area contributed by atoms with Crippen molar-refractivity contribution in [3.63, 3.8) is 0 Å². The van der Waals surface area contributed by atoms with Crippen LogP contribution in [0.3, 0.4) is 0 Å². The Labute approximate surface area is 208 Å². The Bertz CT molecular complexity index is 1200. The largest absolute Gasteiger partial charge is 0.454 e. The minimum absolute atomic E-state index is 0.156. The number of carbonyl (C=O) groups is 1. The second kappa shape index (κ2) is 9.28. The topological polar surface area (TPSA) is 86.7 Å². The van der Waals surface area contributed by atoms with Crippen LogP contribution in [0.5, 0.6) is 23.0 Å². The molecule has 1 saturated heterocycles. The highest BCUT2D eigenvalue weighted by Crippen LogP contribution is 2.47. The number of likely N-dealkylation sites (tertiary alicyclic amines) is 1. The molecule has 6 rings (SSSR count). The van der Waals surface area contributed by atoms with E-state index in [-0.39, 0.29) is 32.2 Å². The summed E-state index contributed by atoms with van der Waals surface area (Å²) in [5.41, 5.74) is 1.02. The standard InChI is InChI=1S/C28H27NO7/c30-27(32-16-19-4-2-1-3-5-19)29-12-10-20(11-13-29)28(31,21-6-8-23-25(14-21)35-17-33-23)22-7-9-24-26(15-22)36-18-34-24/h1-9,14-15,20,31H,10-13,16-18H2. The van der Waals surface area contributed by atoms with E-state index in [0.717, 1.165) is 5.56 Å². The first-order chi connectivity index (χ1) is 17.6. The van der Waals surface area contributed by atoms with E-state index in [9.17, 15) is 9.90 Å². The van der Waals surface area contributed by atoms with Gasteiger partial charge in [-0.2, -0.15) is 0 Å². The van der Waals surface area contributed by atoms with Crippen LogP contribution < -0.4 is 18.9 Å². The average Bonchev–Trinajstić information content (AvgIpc) is 3.60. The number of rotatable bonds is 5. The van der Waals surface area contributed by atoms with Crippen LogP contribution in [0.1, 0.15) is 29.5 Å². The number of aliphatic hydroxyl groups is 1. The smallest absolute Gasteiger partial charge is 0.410 e. The molecule has 0 spiro atoms. The van der Waals surface area contributed by atoms with E-state index in [2.05, 4.69) is 0 Å². The molecule has 3 aliphatic heterocycles. The fraction of sp³-hybridized carbons (Fsp3) is 0.321. The molecule has 8 heteroatoms. The van der Waals surface area contributed by atoms with Crippen molar-refractivity contribution in [2.24, 2.45) is 5.92 Å². The van der Waals surface area contributed by atoms with Gasteiger partial charge in [0.25, 0.3) is 0 Å². The molecule has 1 fully saturated rings. The number of nitrogens with zero attached hydrogens (tertiary/aromatic N) is 1. The van der Waals surface area contributed by atoms with Crippen molar-refractivity contribution in [1.82, 2.24) is 4.90 Å². The number of benzene rings is 3. The highest BCUT2D eigenvalue weighted by Gasteiger charge is 2.43. The molecule has 0 bridgehead atoms. The third-order valence-electron chi connectivity index (χ3n) is 7.17. The monoisotopic (exact) mass is 489 g/mol. The third kappa shape index (κ3) is 4.07. The molecule has 3 aromatic carbocycles. The summed E-state index contributed by atoms with van der Waals surface area (Å²) in [6.45, 7) is 1.51. The zero-order valence-corrected chi connectivity index (χ0v) is 19.7. The molecule has 1 N–H and O–H groups in total. The molecular weight excluding hydrogens is 462 g/mol. The van der Waals surface area contributed by atoms with Gasteiger partial charge in [-0.15, -0.1) is 0 Å². The molecule has 1 amide bonds. The fourth-order valence-electron chi connectivity index (χ4n) is 5.20. The van der Waals surface area contributed by atoms with E-state index < -0.39 is 5.60 Å². The summed E-state index contributed by atoms with van der Waals surface area (Å²) in [6.07, 6.45) is 0.853. The van der Waals surface area contributed by atoms with Gasteiger partial charge < -0.3 is 33.7 Å².